The highest BCUT2D eigenvalue weighted by atomic mass is 16.7. The molecule has 6 heteroatoms. The Bertz CT molecular complexity index is 931. The van der Waals surface area contributed by atoms with Gasteiger partial charge in [-0.05, 0) is 55.0 Å². The Hall–Kier alpha value is -2.83. The minimum Gasteiger partial charge on any atom is -0.497 e. The fraction of sp³-hybridized carbons (Fsp3) is 0.211. The lowest BCUT2D eigenvalue weighted by Gasteiger charge is -2.18. The number of rotatable bonds is 4. The first kappa shape index (κ1) is 15.7. The number of imidazole rings is 1. The molecule has 1 aromatic carbocycles. The number of hydrogen-bond acceptors (Lipinski definition) is 5. The van der Waals surface area contributed by atoms with Gasteiger partial charge in [0.1, 0.15) is 23.2 Å². The molecule has 3 heterocycles. The minimum atomic E-state index is -0.347. The van der Waals surface area contributed by atoms with E-state index >= 15 is 0 Å². The van der Waals surface area contributed by atoms with Crippen molar-refractivity contribution >= 4 is 11.5 Å². The van der Waals surface area contributed by atoms with Gasteiger partial charge in [-0.1, -0.05) is 0 Å². The van der Waals surface area contributed by atoms with Gasteiger partial charge in [0.2, 0.25) is 0 Å². The van der Waals surface area contributed by atoms with Crippen LogP contribution in [0.15, 0.2) is 54.9 Å². The molecule has 25 heavy (non-hydrogen) atoms. The standard InChI is InChI=1S/C19H19N3O3/c1-13-7-9-21-17(11-13)20-18(14-3-5-15(24-2)6-4-14)19(21)22-10-8-16(12-23)25-22/h3-11,16,23H,12H2,1-2H3. The highest BCUT2D eigenvalue weighted by Crippen LogP contribution is 2.34. The van der Waals surface area contributed by atoms with Gasteiger partial charge in [-0.2, -0.15) is 0 Å². The number of aliphatic hydroxyl groups is 1. The predicted octanol–water partition coefficient (Wildman–Crippen LogP) is 2.94. The van der Waals surface area contributed by atoms with E-state index in [-0.39, 0.29) is 12.7 Å². The Kier molecular flexibility index (Phi) is 3.91. The van der Waals surface area contributed by atoms with E-state index in [4.69, 9.17) is 14.6 Å². The molecular weight excluding hydrogens is 318 g/mol. The average Bonchev–Trinajstić information content (AvgIpc) is 3.25. The molecular formula is C19H19N3O3. The van der Waals surface area contributed by atoms with E-state index in [1.165, 1.54) is 0 Å². The second-order valence-electron chi connectivity index (χ2n) is 5.94. The molecule has 1 aliphatic rings. The summed E-state index contributed by atoms with van der Waals surface area (Å²) in [6.45, 7) is 1.97. The van der Waals surface area contributed by atoms with Crippen LogP contribution in [0.3, 0.4) is 0 Å². The summed E-state index contributed by atoms with van der Waals surface area (Å²) in [6, 6.07) is 11.8. The van der Waals surface area contributed by atoms with E-state index in [1.807, 2.05) is 66.2 Å². The maximum absolute atomic E-state index is 9.34. The van der Waals surface area contributed by atoms with Crippen molar-refractivity contribution in [2.24, 2.45) is 0 Å². The Morgan fingerprint density at radius 3 is 2.72 bits per heavy atom. The number of ether oxygens (including phenoxy) is 1. The van der Waals surface area contributed by atoms with Crippen LogP contribution in [0.1, 0.15) is 5.56 Å². The Balaban J connectivity index is 1.87. The van der Waals surface area contributed by atoms with Crippen LogP contribution in [0.4, 0.5) is 5.82 Å². The Morgan fingerprint density at radius 1 is 1.24 bits per heavy atom. The molecule has 3 aromatic rings. The molecule has 6 nitrogen and oxygen atoms in total. The molecule has 1 aliphatic heterocycles. The van der Waals surface area contributed by atoms with Gasteiger partial charge < -0.3 is 9.84 Å². The molecule has 0 aliphatic carbocycles. The van der Waals surface area contributed by atoms with Gasteiger partial charge in [0.25, 0.3) is 0 Å². The molecule has 2 aromatic heterocycles. The van der Waals surface area contributed by atoms with Crippen molar-refractivity contribution in [1.29, 1.82) is 0 Å². The number of hydrogen-bond donors (Lipinski definition) is 1. The summed E-state index contributed by atoms with van der Waals surface area (Å²) >= 11 is 0. The fourth-order valence-electron chi connectivity index (χ4n) is 2.89. The summed E-state index contributed by atoms with van der Waals surface area (Å²) in [5.41, 5.74) is 3.74. The second-order valence-corrected chi connectivity index (χ2v) is 5.94. The molecule has 0 amide bonds. The van der Waals surface area contributed by atoms with Gasteiger partial charge >= 0.3 is 0 Å². The number of aliphatic hydroxyl groups excluding tert-OH is 1. The molecule has 4 rings (SSSR count). The number of aryl methyl sites for hydroxylation is 1. The number of benzene rings is 1. The third kappa shape index (κ3) is 2.75. The van der Waals surface area contributed by atoms with Crippen LogP contribution in [0.5, 0.6) is 5.75 Å². The molecule has 1 N–H and O–H groups in total. The van der Waals surface area contributed by atoms with Gasteiger partial charge in [0, 0.05) is 18.0 Å². The Morgan fingerprint density at radius 2 is 2.04 bits per heavy atom. The summed E-state index contributed by atoms with van der Waals surface area (Å²) in [6.07, 6.45) is 5.27. The number of aromatic nitrogens is 2. The quantitative estimate of drug-likeness (QED) is 0.793. The van der Waals surface area contributed by atoms with Crippen molar-refractivity contribution in [2.75, 3.05) is 18.8 Å². The summed E-state index contributed by atoms with van der Waals surface area (Å²) in [5, 5.41) is 11.0. The van der Waals surface area contributed by atoms with Crippen LogP contribution in [-0.2, 0) is 4.84 Å². The lowest BCUT2D eigenvalue weighted by molar-refractivity contribution is 0.0555. The Labute approximate surface area is 145 Å². The molecule has 0 radical (unpaired) electrons. The van der Waals surface area contributed by atoms with Crippen molar-refractivity contribution in [2.45, 2.75) is 13.0 Å². The summed E-state index contributed by atoms with van der Waals surface area (Å²) in [7, 11) is 1.64. The van der Waals surface area contributed by atoms with E-state index in [0.717, 1.165) is 34.0 Å². The largest absolute Gasteiger partial charge is 0.497 e. The van der Waals surface area contributed by atoms with E-state index in [1.54, 1.807) is 12.2 Å². The summed E-state index contributed by atoms with van der Waals surface area (Å²) in [4.78, 5) is 10.6. The normalized spacial score (nSPS) is 16.8. The van der Waals surface area contributed by atoms with Gasteiger partial charge in [-0.25, -0.2) is 10.0 Å². The lowest BCUT2D eigenvalue weighted by Crippen LogP contribution is -2.21. The lowest BCUT2D eigenvalue weighted by atomic mass is 10.1. The third-order valence-corrected chi connectivity index (χ3v) is 4.19. The SMILES string of the molecule is COc1ccc(-c2nc3cc(C)ccn3c2N2C=CC(CO)O2)cc1. The van der Waals surface area contributed by atoms with Crippen molar-refractivity contribution in [3.63, 3.8) is 0 Å². The van der Waals surface area contributed by atoms with Crippen LogP contribution in [0.25, 0.3) is 16.9 Å². The maximum atomic E-state index is 9.34. The number of anilines is 1. The zero-order chi connectivity index (χ0) is 17.4. The minimum absolute atomic E-state index is 0.0687. The molecule has 0 saturated carbocycles. The summed E-state index contributed by atoms with van der Waals surface area (Å²) < 4.78 is 7.22. The summed E-state index contributed by atoms with van der Waals surface area (Å²) in [5.74, 6) is 1.59. The molecule has 1 atom stereocenters. The number of methoxy groups -OCH3 is 1. The van der Waals surface area contributed by atoms with Crippen molar-refractivity contribution < 1.29 is 14.7 Å². The van der Waals surface area contributed by atoms with Crippen molar-refractivity contribution in [3.05, 3.63) is 60.4 Å². The van der Waals surface area contributed by atoms with Gasteiger partial charge in [0.15, 0.2) is 5.82 Å². The first-order valence-electron chi connectivity index (χ1n) is 8.08. The van der Waals surface area contributed by atoms with Crippen LogP contribution < -0.4 is 9.80 Å². The highest BCUT2D eigenvalue weighted by molar-refractivity contribution is 5.78. The first-order chi connectivity index (χ1) is 12.2. The van der Waals surface area contributed by atoms with E-state index in [0.29, 0.717) is 0 Å². The number of pyridine rings is 1. The second kappa shape index (κ2) is 6.23. The predicted molar refractivity (Wildman–Crippen MR) is 95.5 cm³/mol. The van der Waals surface area contributed by atoms with Crippen molar-refractivity contribution in [3.8, 4) is 17.0 Å². The first-order valence-corrected chi connectivity index (χ1v) is 8.08. The zero-order valence-corrected chi connectivity index (χ0v) is 14.1. The molecule has 0 spiro atoms. The smallest absolute Gasteiger partial charge is 0.170 e. The van der Waals surface area contributed by atoms with E-state index in [2.05, 4.69) is 0 Å². The van der Waals surface area contributed by atoms with Crippen molar-refractivity contribution in [1.82, 2.24) is 9.38 Å². The topological polar surface area (TPSA) is 59.2 Å². The average molecular weight is 337 g/mol. The molecule has 0 saturated heterocycles. The van der Waals surface area contributed by atoms with Gasteiger partial charge in [0.05, 0.1) is 13.7 Å². The number of fused-ring (bicyclic) bond motifs is 1. The highest BCUT2D eigenvalue weighted by Gasteiger charge is 2.25. The number of nitrogens with zero attached hydrogens (tertiary/aromatic N) is 3. The van der Waals surface area contributed by atoms with Gasteiger partial charge in [-0.3, -0.25) is 9.24 Å². The van der Waals surface area contributed by atoms with Crippen LogP contribution in [-0.4, -0.2) is 34.3 Å². The van der Waals surface area contributed by atoms with Crippen LogP contribution >= 0.6 is 0 Å². The zero-order valence-electron chi connectivity index (χ0n) is 14.1. The molecule has 0 bridgehead atoms. The number of hydroxylamine groups is 1. The van der Waals surface area contributed by atoms with E-state index in [9.17, 15) is 5.11 Å². The van der Waals surface area contributed by atoms with Crippen LogP contribution in [0.2, 0.25) is 0 Å². The molecule has 128 valence electrons. The van der Waals surface area contributed by atoms with E-state index < -0.39 is 0 Å². The van der Waals surface area contributed by atoms with Gasteiger partial charge in [-0.15, -0.1) is 0 Å². The molecule has 1 unspecified atom stereocenters. The monoisotopic (exact) mass is 337 g/mol. The molecule has 0 fully saturated rings. The fourth-order valence-corrected chi connectivity index (χ4v) is 2.89. The third-order valence-electron chi connectivity index (χ3n) is 4.19. The van der Waals surface area contributed by atoms with Crippen LogP contribution in [0, 0.1) is 6.92 Å². The maximum Gasteiger partial charge on any atom is 0.170 e.